The molecule has 0 fully saturated rings. The predicted molar refractivity (Wildman–Crippen MR) is 72.5 cm³/mol. The fourth-order valence-corrected chi connectivity index (χ4v) is 2.00. The summed E-state index contributed by atoms with van der Waals surface area (Å²) in [6.45, 7) is 3.40. The van der Waals surface area contributed by atoms with Crippen LogP contribution in [0.15, 0.2) is 40.8 Å². The number of carboxylic acid groups (broad SMARTS) is 1. The van der Waals surface area contributed by atoms with Crippen molar-refractivity contribution in [1.29, 1.82) is 0 Å². The van der Waals surface area contributed by atoms with Crippen LogP contribution in [-0.2, 0) is 4.79 Å². The summed E-state index contributed by atoms with van der Waals surface area (Å²) < 4.78 is 5.28. The summed E-state index contributed by atoms with van der Waals surface area (Å²) in [7, 11) is 0. The molecule has 5 heteroatoms. The number of amides is 1. The lowest BCUT2D eigenvalue weighted by Crippen LogP contribution is -2.33. The van der Waals surface area contributed by atoms with Crippen molar-refractivity contribution in [2.45, 2.75) is 19.9 Å². The molecule has 0 radical (unpaired) electrons. The van der Waals surface area contributed by atoms with Gasteiger partial charge in [0, 0.05) is 0 Å². The lowest BCUT2D eigenvalue weighted by atomic mass is 10.1. The Bertz CT molecular complexity index is 631. The Balaban J connectivity index is 2.23. The van der Waals surface area contributed by atoms with Gasteiger partial charge in [0.15, 0.2) is 6.04 Å². The van der Waals surface area contributed by atoms with Gasteiger partial charge in [0.1, 0.15) is 11.5 Å². The minimum atomic E-state index is -1.11. The zero-order valence-electron chi connectivity index (χ0n) is 11.2. The molecule has 0 bridgehead atoms. The van der Waals surface area contributed by atoms with E-state index in [1.54, 1.807) is 50.2 Å². The molecule has 104 valence electrons. The van der Waals surface area contributed by atoms with Crippen LogP contribution in [-0.4, -0.2) is 17.0 Å². The quantitative estimate of drug-likeness (QED) is 0.896. The van der Waals surface area contributed by atoms with Gasteiger partial charge in [-0.2, -0.15) is 0 Å². The summed E-state index contributed by atoms with van der Waals surface area (Å²) in [4.78, 5) is 23.5. The van der Waals surface area contributed by atoms with Gasteiger partial charge in [0.2, 0.25) is 0 Å². The lowest BCUT2D eigenvalue weighted by Gasteiger charge is -2.14. The van der Waals surface area contributed by atoms with Gasteiger partial charge >= 0.3 is 5.97 Å². The lowest BCUT2D eigenvalue weighted by molar-refractivity contribution is -0.139. The number of aryl methyl sites for hydroxylation is 2. The number of carbonyl (C=O) groups excluding carboxylic acids is 1. The van der Waals surface area contributed by atoms with Crippen molar-refractivity contribution in [3.8, 4) is 0 Å². The van der Waals surface area contributed by atoms with Crippen LogP contribution in [0.1, 0.15) is 33.5 Å². The summed E-state index contributed by atoms with van der Waals surface area (Å²) in [5.74, 6) is -0.491. The van der Waals surface area contributed by atoms with Crippen LogP contribution in [0.5, 0.6) is 0 Å². The molecular formula is C15H15NO4. The fraction of sp³-hybridized carbons (Fsp3) is 0.200. The monoisotopic (exact) mass is 273 g/mol. The third-order valence-electron chi connectivity index (χ3n) is 2.94. The Labute approximate surface area is 116 Å². The Morgan fingerprint density at radius 3 is 2.35 bits per heavy atom. The molecule has 2 rings (SSSR count). The van der Waals surface area contributed by atoms with E-state index in [4.69, 9.17) is 4.42 Å². The molecule has 1 aromatic heterocycles. The first-order valence-corrected chi connectivity index (χ1v) is 6.14. The summed E-state index contributed by atoms with van der Waals surface area (Å²) in [5, 5.41) is 11.8. The highest BCUT2D eigenvalue weighted by Crippen LogP contribution is 2.17. The highest BCUT2D eigenvalue weighted by molar-refractivity contribution is 5.97. The van der Waals surface area contributed by atoms with Crippen molar-refractivity contribution in [1.82, 2.24) is 5.32 Å². The molecular weight excluding hydrogens is 258 g/mol. The second-order valence-electron chi connectivity index (χ2n) is 4.48. The van der Waals surface area contributed by atoms with Crippen LogP contribution in [0.4, 0.5) is 0 Å². The summed E-state index contributed by atoms with van der Waals surface area (Å²) >= 11 is 0. The van der Waals surface area contributed by atoms with Crippen LogP contribution in [0, 0.1) is 13.8 Å². The van der Waals surface area contributed by atoms with E-state index < -0.39 is 17.9 Å². The number of hydrogen-bond donors (Lipinski definition) is 2. The van der Waals surface area contributed by atoms with Crippen LogP contribution in [0.25, 0.3) is 0 Å². The van der Waals surface area contributed by atoms with E-state index in [0.717, 1.165) is 0 Å². The molecule has 1 heterocycles. The van der Waals surface area contributed by atoms with E-state index in [1.165, 1.54) is 0 Å². The second kappa shape index (κ2) is 5.61. The molecule has 2 aromatic rings. The van der Waals surface area contributed by atoms with Crippen LogP contribution in [0.2, 0.25) is 0 Å². The normalized spacial score (nSPS) is 11.9. The Morgan fingerprint density at radius 1 is 1.20 bits per heavy atom. The maximum atomic E-state index is 12.1. The van der Waals surface area contributed by atoms with Gasteiger partial charge in [-0.1, -0.05) is 30.3 Å². The number of carboxylic acids is 1. The Morgan fingerprint density at radius 2 is 1.85 bits per heavy atom. The first-order chi connectivity index (χ1) is 9.49. The van der Waals surface area contributed by atoms with Crippen molar-refractivity contribution >= 4 is 11.9 Å². The van der Waals surface area contributed by atoms with Gasteiger partial charge in [-0.05, 0) is 25.5 Å². The van der Waals surface area contributed by atoms with Crippen LogP contribution < -0.4 is 5.32 Å². The molecule has 0 unspecified atom stereocenters. The molecule has 1 amide bonds. The van der Waals surface area contributed by atoms with E-state index in [9.17, 15) is 14.7 Å². The first-order valence-electron chi connectivity index (χ1n) is 6.14. The first kappa shape index (κ1) is 13.9. The van der Waals surface area contributed by atoms with E-state index >= 15 is 0 Å². The Hall–Kier alpha value is -2.56. The fourth-order valence-electron chi connectivity index (χ4n) is 2.00. The molecule has 0 saturated heterocycles. The van der Waals surface area contributed by atoms with E-state index in [-0.39, 0.29) is 0 Å². The molecule has 0 aliphatic rings. The summed E-state index contributed by atoms with van der Waals surface area (Å²) in [5.41, 5.74) is 0.871. The van der Waals surface area contributed by atoms with Gasteiger partial charge in [-0.3, -0.25) is 4.79 Å². The molecule has 0 aliphatic carbocycles. The molecule has 0 spiro atoms. The summed E-state index contributed by atoms with van der Waals surface area (Å²) in [6.07, 6.45) is 0. The molecule has 1 aromatic carbocycles. The average Bonchev–Trinajstić information content (AvgIpc) is 2.75. The van der Waals surface area contributed by atoms with Crippen molar-refractivity contribution in [2.24, 2.45) is 0 Å². The number of benzene rings is 1. The number of rotatable bonds is 4. The van der Waals surface area contributed by atoms with Crippen molar-refractivity contribution in [2.75, 3.05) is 0 Å². The van der Waals surface area contributed by atoms with Crippen LogP contribution >= 0.6 is 0 Å². The minimum Gasteiger partial charge on any atom is -0.479 e. The van der Waals surface area contributed by atoms with Gasteiger partial charge < -0.3 is 14.8 Å². The topological polar surface area (TPSA) is 79.5 Å². The third kappa shape index (κ3) is 2.88. The van der Waals surface area contributed by atoms with Gasteiger partial charge in [0.25, 0.3) is 5.91 Å². The highest BCUT2D eigenvalue weighted by atomic mass is 16.4. The average molecular weight is 273 g/mol. The van der Waals surface area contributed by atoms with Gasteiger partial charge in [-0.25, -0.2) is 4.79 Å². The molecule has 0 aliphatic heterocycles. The Kier molecular flexibility index (Phi) is 3.89. The standard InChI is InChI=1S/C15H15NO4/c1-9-8-12(10(2)20-9)14(17)16-13(15(18)19)11-6-4-3-5-7-11/h3-8,13H,1-2H3,(H,16,17)(H,18,19)/t13-/m0/s1. The largest absolute Gasteiger partial charge is 0.479 e. The van der Waals surface area contributed by atoms with E-state index in [0.29, 0.717) is 22.6 Å². The SMILES string of the molecule is Cc1cc(C(=O)N[C@H](C(=O)O)c2ccccc2)c(C)o1. The maximum absolute atomic E-state index is 12.1. The highest BCUT2D eigenvalue weighted by Gasteiger charge is 2.24. The zero-order valence-corrected chi connectivity index (χ0v) is 11.2. The number of hydrogen-bond acceptors (Lipinski definition) is 3. The molecule has 5 nitrogen and oxygen atoms in total. The van der Waals surface area contributed by atoms with E-state index in [2.05, 4.69) is 5.32 Å². The van der Waals surface area contributed by atoms with Crippen molar-refractivity contribution in [3.63, 3.8) is 0 Å². The summed E-state index contributed by atoms with van der Waals surface area (Å²) in [6, 6.07) is 9.06. The van der Waals surface area contributed by atoms with Gasteiger partial charge in [-0.15, -0.1) is 0 Å². The third-order valence-corrected chi connectivity index (χ3v) is 2.94. The number of furan rings is 1. The number of aliphatic carboxylic acids is 1. The minimum absolute atomic E-state index is 0.352. The van der Waals surface area contributed by atoms with Crippen LogP contribution in [0.3, 0.4) is 0 Å². The second-order valence-corrected chi connectivity index (χ2v) is 4.48. The maximum Gasteiger partial charge on any atom is 0.330 e. The van der Waals surface area contributed by atoms with Crippen molar-refractivity contribution in [3.05, 3.63) is 59.0 Å². The predicted octanol–water partition coefficient (Wildman–Crippen LogP) is 2.45. The molecule has 1 atom stereocenters. The smallest absolute Gasteiger partial charge is 0.330 e. The number of nitrogens with one attached hydrogen (secondary N) is 1. The molecule has 2 N–H and O–H groups in total. The van der Waals surface area contributed by atoms with Crippen molar-refractivity contribution < 1.29 is 19.1 Å². The van der Waals surface area contributed by atoms with E-state index in [1.807, 2.05) is 0 Å². The molecule has 0 saturated carbocycles. The number of carbonyl (C=O) groups is 2. The zero-order chi connectivity index (χ0) is 14.7. The van der Waals surface area contributed by atoms with Gasteiger partial charge in [0.05, 0.1) is 5.56 Å². The molecule has 20 heavy (non-hydrogen) atoms.